The lowest BCUT2D eigenvalue weighted by molar-refractivity contribution is 0.549. The zero-order valence-electron chi connectivity index (χ0n) is 15.2. The van der Waals surface area contributed by atoms with Crippen LogP contribution in [0.4, 0.5) is 0 Å². The van der Waals surface area contributed by atoms with Crippen LogP contribution in [0.5, 0.6) is 0 Å². The van der Waals surface area contributed by atoms with Crippen molar-refractivity contribution in [3.05, 3.63) is 51.6 Å². The third kappa shape index (κ3) is 3.63. The maximum Gasteiger partial charge on any atom is 0.336 e. The van der Waals surface area contributed by atoms with Crippen molar-refractivity contribution in [1.82, 2.24) is 14.8 Å². The van der Waals surface area contributed by atoms with E-state index in [1.807, 2.05) is 10.6 Å². The van der Waals surface area contributed by atoms with Gasteiger partial charge in [0, 0.05) is 23.2 Å². The molecule has 2 heterocycles. The quantitative estimate of drug-likeness (QED) is 0.490. The van der Waals surface area contributed by atoms with Crippen LogP contribution in [0.1, 0.15) is 56.3 Å². The molecule has 0 amide bonds. The van der Waals surface area contributed by atoms with Gasteiger partial charge in [0.25, 0.3) is 0 Å². The Morgan fingerprint density at radius 3 is 2.64 bits per heavy atom. The number of fused-ring (bicyclic) bond motifs is 1. The Balaban J connectivity index is 2.01. The molecule has 0 saturated carbocycles. The van der Waals surface area contributed by atoms with Gasteiger partial charge >= 0.3 is 5.63 Å². The van der Waals surface area contributed by atoms with Crippen LogP contribution in [0, 0.1) is 6.92 Å². The minimum Gasteiger partial charge on any atom is -0.423 e. The fourth-order valence-electron chi connectivity index (χ4n) is 2.96. The Morgan fingerprint density at radius 1 is 1.20 bits per heavy atom. The Labute approximate surface area is 151 Å². The minimum atomic E-state index is -0.315. The van der Waals surface area contributed by atoms with Crippen LogP contribution in [0.3, 0.4) is 0 Å². The molecule has 5 nitrogen and oxygen atoms in total. The van der Waals surface area contributed by atoms with E-state index >= 15 is 0 Å². The first-order valence-electron chi connectivity index (χ1n) is 8.46. The van der Waals surface area contributed by atoms with Gasteiger partial charge in [-0.25, -0.2) is 4.79 Å². The van der Waals surface area contributed by atoms with Crippen LogP contribution in [0.15, 0.2) is 38.9 Å². The van der Waals surface area contributed by atoms with Crippen molar-refractivity contribution in [2.75, 3.05) is 0 Å². The van der Waals surface area contributed by atoms with Gasteiger partial charge in [-0.2, -0.15) is 0 Å². The largest absolute Gasteiger partial charge is 0.423 e. The second-order valence-corrected chi connectivity index (χ2v) is 7.80. The van der Waals surface area contributed by atoms with Crippen LogP contribution >= 0.6 is 11.8 Å². The molecule has 25 heavy (non-hydrogen) atoms. The summed E-state index contributed by atoms with van der Waals surface area (Å²) in [5.41, 5.74) is 3.73. The standard InChI is InChI=1S/C19H23N3O2S/c1-11(2)15-8-16-14(7-18(23)24-17(16)6-13(15)5)9-25-19-21-20-10-22(19)12(3)4/h6-8,10-12H,9H2,1-5H3. The summed E-state index contributed by atoms with van der Waals surface area (Å²) in [6, 6.07) is 6.01. The van der Waals surface area contributed by atoms with Crippen molar-refractivity contribution < 1.29 is 4.42 Å². The lowest BCUT2D eigenvalue weighted by atomic mass is 9.95. The number of hydrogen-bond donors (Lipinski definition) is 0. The molecule has 3 aromatic rings. The molecule has 0 saturated heterocycles. The van der Waals surface area contributed by atoms with Gasteiger partial charge in [-0.3, -0.25) is 0 Å². The molecule has 0 bridgehead atoms. The van der Waals surface area contributed by atoms with Crippen molar-refractivity contribution in [1.29, 1.82) is 0 Å². The van der Waals surface area contributed by atoms with Gasteiger partial charge in [-0.05, 0) is 55.5 Å². The van der Waals surface area contributed by atoms with Gasteiger partial charge in [-0.1, -0.05) is 25.6 Å². The van der Waals surface area contributed by atoms with Crippen molar-refractivity contribution in [2.45, 2.75) is 57.5 Å². The number of benzene rings is 1. The highest BCUT2D eigenvalue weighted by Crippen LogP contribution is 2.30. The molecule has 0 unspecified atom stereocenters. The summed E-state index contributed by atoms with van der Waals surface area (Å²) in [7, 11) is 0. The van der Waals surface area contributed by atoms with E-state index < -0.39 is 0 Å². The third-order valence-corrected chi connectivity index (χ3v) is 5.30. The van der Waals surface area contributed by atoms with Gasteiger partial charge in [0.2, 0.25) is 0 Å². The Hall–Kier alpha value is -2.08. The topological polar surface area (TPSA) is 60.9 Å². The number of hydrogen-bond acceptors (Lipinski definition) is 5. The highest BCUT2D eigenvalue weighted by molar-refractivity contribution is 7.98. The summed E-state index contributed by atoms with van der Waals surface area (Å²) in [6.07, 6.45) is 1.74. The highest BCUT2D eigenvalue weighted by atomic mass is 32.2. The number of thioether (sulfide) groups is 1. The number of nitrogens with zero attached hydrogens (tertiary/aromatic N) is 3. The Bertz CT molecular complexity index is 957. The molecule has 0 aliphatic carbocycles. The van der Waals surface area contributed by atoms with Gasteiger partial charge in [0.1, 0.15) is 11.9 Å². The van der Waals surface area contributed by atoms with Gasteiger partial charge in [0.15, 0.2) is 5.16 Å². The lowest BCUT2D eigenvalue weighted by Crippen LogP contribution is -2.03. The first-order chi connectivity index (χ1) is 11.9. The van der Waals surface area contributed by atoms with Crippen LogP contribution < -0.4 is 5.63 Å². The molecule has 6 heteroatoms. The first-order valence-corrected chi connectivity index (χ1v) is 9.45. The molecule has 0 radical (unpaired) electrons. The van der Waals surface area contributed by atoms with E-state index in [0.29, 0.717) is 23.3 Å². The molecular weight excluding hydrogens is 334 g/mol. The van der Waals surface area contributed by atoms with Gasteiger partial charge in [0.05, 0.1) is 0 Å². The SMILES string of the molecule is Cc1cc2oc(=O)cc(CSc3nncn3C(C)C)c2cc1C(C)C. The molecule has 0 spiro atoms. The summed E-state index contributed by atoms with van der Waals surface area (Å²) >= 11 is 1.59. The van der Waals surface area contributed by atoms with Gasteiger partial charge < -0.3 is 8.98 Å². The van der Waals surface area contributed by atoms with Crippen LogP contribution in [-0.2, 0) is 5.75 Å². The van der Waals surface area contributed by atoms with Crippen molar-refractivity contribution in [3.8, 4) is 0 Å². The predicted molar refractivity (Wildman–Crippen MR) is 101 cm³/mol. The monoisotopic (exact) mass is 357 g/mol. The molecular formula is C19H23N3O2S. The summed E-state index contributed by atoms with van der Waals surface area (Å²) in [5.74, 6) is 1.06. The molecule has 0 atom stereocenters. The van der Waals surface area contributed by atoms with Crippen molar-refractivity contribution in [2.24, 2.45) is 0 Å². The zero-order chi connectivity index (χ0) is 18.1. The summed E-state index contributed by atoms with van der Waals surface area (Å²) in [4.78, 5) is 12.0. The molecule has 1 aromatic carbocycles. The van der Waals surface area contributed by atoms with Crippen molar-refractivity contribution >= 4 is 22.7 Å². The van der Waals surface area contributed by atoms with E-state index in [2.05, 4.69) is 50.9 Å². The number of rotatable bonds is 5. The average Bonchev–Trinajstić information content (AvgIpc) is 3.00. The zero-order valence-corrected chi connectivity index (χ0v) is 16.1. The van der Waals surface area contributed by atoms with E-state index in [0.717, 1.165) is 21.7 Å². The Morgan fingerprint density at radius 2 is 1.96 bits per heavy atom. The third-order valence-electron chi connectivity index (χ3n) is 4.29. The van der Waals surface area contributed by atoms with E-state index in [1.165, 1.54) is 5.56 Å². The maximum absolute atomic E-state index is 12.0. The van der Waals surface area contributed by atoms with Crippen molar-refractivity contribution in [3.63, 3.8) is 0 Å². The summed E-state index contributed by atoms with van der Waals surface area (Å²) < 4.78 is 7.45. The highest BCUT2D eigenvalue weighted by Gasteiger charge is 2.13. The van der Waals surface area contributed by atoms with E-state index in [1.54, 1.807) is 24.2 Å². The molecule has 0 N–H and O–H groups in total. The van der Waals surface area contributed by atoms with Crippen LogP contribution in [0.2, 0.25) is 0 Å². The van der Waals surface area contributed by atoms with Crippen LogP contribution in [-0.4, -0.2) is 14.8 Å². The fourth-order valence-corrected chi connectivity index (χ4v) is 4.00. The normalized spacial score (nSPS) is 11.8. The molecule has 132 valence electrons. The summed E-state index contributed by atoms with van der Waals surface area (Å²) in [6.45, 7) is 10.6. The smallest absolute Gasteiger partial charge is 0.336 e. The lowest BCUT2D eigenvalue weighted by Gasteiger charge is -2.13. The average molecular weight is 357 g/mol. The summed E-state index contributed by atoms with van der Waals surface area (Å²) in [5, 5.41) is 10.0. The molecule has 0 fully saturated rings. The fraction of sp³-hybridized carbons (Fsp3) is 0.421. The Kier molecular flexibility index (Phi) is 4.99. The number of aryl methyl sites for hydroxylation is 1. The molecule has 0 aliphatic rings. The molecule has 2 aromatic heterocycles. The van der Waals surface area contributed by atoms with E-state index in [4.69, 9.17) is 4.42 Å². The second kappa shape index (κ2) is 7.04. The molecule has 0 aliphatic heterocycles. The first kappa shape index (κ1) is 17.7. The van der Waals surface area contributed by atoms with E-state index in [9.17, 15) is 4.79 Å². The second-order valence-electron chi connectivity index (χ2n) is 6.85. The minimum absolute atomic E-state index is 0.297. The van der Waals surface area contributed by atoms with Crippen LogP contribution in [0.25, 0.3) is 11.0 Å². The van der Waals surface area contributed by atoms with E-state index in [-0.39, 0.29) is 5.63 Å². The number of aromatic nitrogens is 3. The maximum atomic E-state index is 12.0. The predicted octanol–water partition coefficient (Wildman–Crippen LogP) is 4.69. The molecule has 3 rings (SSSR count). The van der Waals surface area contributed by atoms with Gasteiger partial charge in [-0.15, -0.1) is 10.2 Å².